The zero-order chi connectivity index (χ0) is 14.0. The lowest BCUT2D eigenvalue weighted by molar-refractivity contribution is 0.0697. The summed E-state index contributed by atoms with van der Waals surface area (Å²) in [7, 11) is 0. The largest absolute Gasteiger partial charge is 0.478 e. The van der Waals surface area contributed by atoms with E-state index in [-0.39, 0.29) is 5.56 Å². The molecule has 0 aliphatic carbocycles. The van der Waals surface area contributed by atoms with Crippen LogP contribution in [0.2, 0.25) is 0 Å². The summed E-state index contributed by atoms with van der Waals surface area (Å²) >= 11 is 1.85. The molecule has 0 bridgehead atoms. The fourth-order valence-corrected chi connectivity index (χ4v) is 2.44. The Morgan fingerprint density at radius 3 is 2.89 bits per heavy atom. The van der Waals surface area contributed by atoms with Gasteiger partial charge in [-0.05, 0) is 37.8 Å². The third-order valence-electron chi connectivity index (χ3n) is 3.35. The molecule has 0 saturated heterocycles. The lowest BCUT2D eigenvalue weighted by atomic mass is 10.2. The molecule has 0 amide bonds. The van der Waals surface area contributed by atoms with E-state index in [1.807, 2.05) is 24.8 Å². The topological polar surface area (TPSA) is 55.1 Å². The Kier molecular flexibility index (Phi) is 4.14. The van der Waals surface area contributed by atoms with Crippen LogP contribution in [0, 0.1) is 6.92 Å². The molecule has 5 heteroatoms. The molecule has 1 aromatic heterocycles. The Bertz CT molecular complexity index is 607. The highest BCUT2D eigenvalue weighted by Crippen LogP contribution is 2.20. The predicted molar refractivity (Wildman–Crippen MR) is 79.0 cm³/mol. The number of carboxylic acid groups (broad SMARTS) is 1. The molecule has 0 fully saturated rings. The molecule has 4 nitrogen and oxygen atoms in total. The van der Waals surface area contributed by atoms with Crippen molar-refractivity contribution in [3.8, 4) is 0 Å². The maximum atomic E-state index is 11.0. The fraction of sp³-hybridized carbons (Fsp3) is 0.429. The summed E-state index contributed by atoms with van der Waals surface area (Å²) in [5.41, 5.74) is 2.06. The Morgan fingerprint density at radius 1 is 1.53 bits per heavy atom. The molecule has 102 valence electrons. The third-order valence-corrected chi connectivity index (χ3v) is 4.39. The van der Waals surface area contributed by atoms with E-state index in [1.54, 1.807) is 12.1 Å². The minimum atomic E-state index is -0.912. The first kappa shape index (κ1) is 13.9. The first-order chi connectivity index (χ1) is 9.02. The van der Waals surface area contributed by atoms with Crippen LogP contribution < -0.4 is 0 Å². The quantitative estimate of drug-likeness (QED) is 0.912. The molecule has 19 heavy (non-hydrogen) atoms. The number of nitrogens with zero attached hydrogens (tertiary/aromatic N) is 2. The number of thioether (sulfide) groups is 1. The first-order valence-electron chi connectivity index (χ1n) is 6.26. The van der Waals surface area contributed by atoms with Crippen LogP contribution in [0.1, 0.15) is 29.5 Å². The Balaban J connectivity index is 2.34. The van der Waals surface area contributed by atoms with Gasteiger partial charge in [0.1, 0.15) is 5.82 Å². The Hall–Kier alpha value is -1.49. The van der Waals surface area contributed by atoms with Crippen molar-refractivity contribution >= 4 is 28.8 Å². The summed E-state index contributed by atoms with van der Waals surface area (Å²) in [5.74, 6) is 0.0240. The second-order valence-electron chi connectivity index (χ2n) is 4.65. The maximum absolute atomic E-state index is 11.0. The molecule has 1 heterocycles. The van der Waals surface area contributed by atoms with E-state index in [0.717, 1.165) is 29.8 Å². The number of carboxylic acids is 1. The van der Waals surface area contributed by atoms with E-state index < -0.39 is 5.97 Å². The summed E-state index contributed by atoms with van der Waals surface area (Å²) < 4.78 is 2.16. The van der Waals surface area contributed by atoms with Crippen molar-refractivity contribution in [1.29, 1.82) is 0 Å². The molecule has 2 aromatic rings. The van der Waals surface area contributed by atoms with Gasteiger partial charge in [-0.3, -0.25) is 0 Å². The molecule has 0 spiro atoms. The van der Waals surface area contributed by atoms with Gasteiger partial charge in [-0.1, -0.05) is 6.92 Å². The second kappa shape index (κ2) is 5.65. The van der Waals surface area contributed by atoms with Crippen LogP contribution in [0.25, 0.3) is 11.0 Å². The van der Waals surface area contributed by atoms with Gasteiger partial charge in [-0.2, -0.15) is 11.8 Å². The number of rotatable bonds is 5. The van der Waals surface area contributed by atoms with Crippen molar-refractivity contribution in [2.24, 2.45) is 0 Å². The van der Waals surface area contributed by atoms with Gasteiger partial charge in [0.15, 0.2) is 0 Å². The normalized spacial score (nSPS) is 12.8. The summed E-state index contributed by atoms with van der Waals surface area (Å²) in [6, 6.07) is 5.13. The zero-order valence-corrected chi connectivity index (χ0v) is 12.2. The van der Waals surface area contributed by atoms with Crippen LogP contribution in [0.15, 0.2) is 18.2 Å². The molecule has 1 aromatic carbocycles. The summed E-state index contributed by atoms with van der Waals surface area (Å²) in [4.78, 5) is 15.4. The van der Waals surface area contributed by atoms with Gasteiger partial charge < -0.3 is 9.67 Å². The van der Waals surface area contributed by atoms with E-state index >= 15 is 0 Å². The minimum Gasteiger partial charge on any atom is -0.478 e. The molecule has 2 rings (SSSR count). The third kappa shape index (κ3) is 2.92. The number of fused-ring (bicyclic) bond motifs is 1. The average Bonchev–Trinajstić information content (AvgIpc) is 2.70. The highest BCUT2D eigenvalue weighted by Gasteiger charge is 2.11. The van der Waals surface area contributed by atoms with E-state index in [1.165, 1.54) is 0 Å². The molecule has 1 N–H and O–H groups in total. The Labute approximate surface area is 116 Å². The van der Waals surface area contributed by atoms with E-state index in [4.69, 9.17) is 5.11 Å². The minimum absolute atomic E-state index is 0.287. The van der Waals surface area contributed by atoms with Crippen LogP contribution in [-0.4, -0.2) is 32.1 Å². The number of imidazole rings is 1. The summed E-state index contributed by atoms with van der Waals surface area (Å²) in [6.07, 6.45) is 3.19. The Morgan fingerprint density at radius 2 is 2.26 bits per heavy atom. The second-order valence-corrected chi connectivity index (χ2v) is 5.93. The van der Waals surface area contributed by atoms with Crippen LogP contribution in [0.4, 0.5) is 0 Å². The van der Waals surface area contributed by atoms with Crippen molar-refractivity contribution in [2.75, 3.05) is 6.26 Å². The molecule has 0 radical (unpaired) electrons. The van der Waals surface area contributed by atoms with Crippen molar-refractivity contribution in [3.05, 3.63) is 29.6 Å². The number of benzene rings is 1. The van der Waals surface area contributed by atoms with Gasteiger partial charge in [-0.15, -0.1) is 0 Å². The van der Waals surface area contributed by atoms with Crippen molar-refractivity contribution in [2.45, 2.75) is 32.1 Å². The molecular formula is C14H18N2O2S. The number of aromatic nitrogens is 2. The molecular weight excluding hydrogens is 260 g/mol. The van der Waals surface area contributed by atoms with Crippen LogP contribution >= 0.6 is 11.8 Å². The summed E-state index contributed by atoms with van der Waals surface area (Å²) in [5, 5.41) is 9.60. The van der Waals surface area contributed by atoms with Gasteiger partial charge in [0.25, 0.3) is 0 Å². The monoisotopic (exact) mass is 278 g/mol. The summed E-state index contributed by atoms with van der Waals surface area (Å²) in [6.45, 7) is 5.09. The number of hydrogen-bond acceptors (Lipinski definition) is 3. The molecule has 1 atom stereocenters. The smallest absolute Gasteiger partial charge is 0.335 e. The number of carbonyl (C=O) groups is 1. The highest BCUT2D eigenvalue weighted by molar-refractivity contribution is 7.99. The standard InChI is InChI=1S/C14H18N2O2S/c1-9(19-3)6-7-16-10(2)15-12-8-11(14(17)18)4-5-13(12)16/h4-5,8-9H,6-7H2,1-3H3,(H,17,18). The van der Waals surface area contributed by atoms with E-state index in [0.29, 0.717) is 5.25 Å². The van der Waals surface area contributed by atoms with Gasteiger partial charge >= 0.3 is 5.97 Å². The maximum Gasteiger partial charge on any atom is 0.335 e. The van der Waals surface area contributed by atoms with E-state index in [2.05, 4.69) is 22.7 Å². The van der Waals surface area contributed by atoms with Gasteiger partial charge in [0, 0.05) is 11.8 Å². The van der Waals surface area contributed by atoms with Crippen LogP contribution in [0.5, 0.6) is 0 Å². The molecule has 0 saturated carbocycles. The van der Waals surface area contributed by atoms with Gasteiger partial charge in [0.05, 0.1) is 16.6 Å². The highest BCUT2D eigenvalue weighted by atomic mass is 32.2. The van der Waals surface area contributed by atoms with Crippen LogP contribution in [-0.2, 0) is 6.54 Å². The molecule has 0 aliphatic rings. The fourth-order valence-electron chi connectivity index (χ4n) is 2.09. The lowest BCUT2D eigenvalue weighted by Crippen LogP contribution is -2.06. The number of aromatic carboxylic acids is 1. The van der Waals surface area contributed by atoms with Crippen molar-refractivity contribution in [3.63, 3.8) is 0 Å². The average molecular weight is 278 g/mol. The van der Waals surface area contributed by atoms with Crippen LogP contribution in [0.3, 0.4) is 0 Å². The van der Waals surface area contributed by atoms with Crippen molar-refractivity contribution in [1.82, 2.24) is 9.55 Å². The first-order valence-corrected chi connectivity index (χ1v) is 7.54. The number of aryl methyl sites for hydroxylation is 2. The van der Waals surface area contributed by atoms with Crippen molar-refractivity contribution < 1.29 is 9.90 Å². The zero-order valence-electron chi connectivity index (χ0n) is 11.4. The molecule has 0 aliphatic heterocycles. The molecule has 1 unspecified atom stereocenters. The lowest BCUT2D eigenvalue weighted by Gasteiger charge is -2.10. The van der Waals surface area contributed by atoms with E-state index in [9.17, 15) is 4.79 Å². The van der Waals surface area contributed by atoms with Gasteiger partial charge in [-0.25, -0.2) is 9.78 Å². The predicted octanol–water partition coefficient (Wildman–Crippen LogP) is 3.18. The number of hydrogen-bond donors (Lipinski definition) is 1. The van der Waals surface area contributed by atoms with Gasteiger partial charge in [0.2, 0.25) is 0 Å². The SMILES string of the molecule is CSC(C)CCn1c(C)nc2cc(C(=O)O)ccc21.